The van der Waals surface area contributed by atoms with Gasteiger partial charge in [0.15, 0.2) is 0 Å². The van der Waals surface area contributed by atoms with Crippen LogP contribution in [0.15, 0.2) is 158 Å². The van der Waals surface area contributed by atoms with E-state index in [1.807, 2.05) is 24.3 Å². The van der Waals surface area contributed by atoms with Crippen LogP contribution in [0.25, 0.3) is 92.4 Å². The van der Waals surface area contributed by atoms with Gasteiger partial charge >= 0.3 is 0 Å². The third-order valence-electron chi connectivity index (χ3n) is 9.65. The summed E-state index contributed by atoms with van der Waals surface area (Å²) < 4.78 is 0. The Balaban J connectivity index is 1.37. The van der Waals surface area contributed by atoms with Gasteiger partial charge in [-0.1, -0.05) is 128 Å². The van der Waals surface area contributed by atoms with E-state index < -0.39 is 0 Å². The van der Waals surface area contributed by atoms with Crippen molar-refractivity contribution in [3.8, 4) is 50.6 Å². The van der Waals surface area contributed by atoms with Crippen LogP contribution in [0.5, 0.6) is 0 Å². The number of nitrogens with zero attached hydrogens (tertiary/aromatic N) is 4. The molecule has 2 heterocycles. The molecule has 7 aromatic carbocycles. The van der Waals surface area contributed by atoms with Crippen molar-refractivity contribution >= 4 is 48.9 Å². The Hall–Kier alpha value is -7.14. The Bertz CT molecular complexity index is 2680. The van der Waals surface area contributed by atoms with Crippen LogP contribution >= 0.6 is 0 Å². The minimum Gasteiger partial charge on any atom is -0.361 e. The van der Waals surface area contributed by atoms with Crippen molar-refractivity contribution in [3.63, 3.8) is 0 Å². The van der Waals surface area contributed by atoms with E-state index in [2.05, 4.69) is 142 Å². The topological polar surface area (TPSA) is 53.9 Å². The second kappa shape index (κ2) is 11.8. The van der Waals surface area contributed by atoms with Gasteiger partial charge in [0.05, 0.1) is 0 Å². The molecule has 0 amide bonds. The highest BCUT2D eigenvalue weighted by Gasteiger charge is 2.21. The quantitative estimate of drug-likeness (QED) is 0.110. The highest BCUT2D eigenvalue weighted by Crippen LogP contribution is 2.49. The number of hydrogen-bond donors (Lipinski definition) is 0. The van der Waals surface area contributed by atoms with Gasteiger partial charge < -0.3 is 4.85 Å². The van der Waals surface area contributed by atoms with Crippen LogP contribution in [0, 0.1) is 17.9 Å². The molecule has 0 saturated carbocycles. The lowest BCUT2D eigenvalue weighted by molar-refractivity contribution is 1.26. The smallest absolute Gasteiger partial charge is 0.270 e. The van der Waals surface area contributed by atoms with Gasteiger partial charge in [-0.15, -0.1) is 4.98 Å². The lowest BCUT2D eigenvalue weighted by Crippen LogP contribution is -1.94. The molecule has 0 aliphatic rings. The highest BCUT2D eigenvalue weighted by atomic mass is 14.8. The van der Waals surface area contributed by atoms with Gasteiger partial charge in [0.25, 0.3) is 5.82 Å². The van der Waals surface area contributed by atoms with E-state index in [4.69, 9.17) is 6.57 Å². The number of fused-ring (bicyclic) bond motifs is 7. The van der Waals surface area contributed by atoms with Gasteiger partial charge in [-0.25, -0.2) is 4.98 Å². The molecular weight excluding hydrogens is 609 g/mol. The summed E-state index contributed by atoms with van der Waals surface area (Å²) in [6, 6.07) is 53.3. The summed E-state index contributed by atoms with van der Waals surface area (Å²) in [7, 11) is 0. The molecule has 2 aromatic heterocycles. The molecule has 4 heteroatoms. The van der Waals surface area contributed by atoms with E-state index in [0.717, 1.165) is 33.4 Å². The van der Waals surface area contributed by atoms with Crippen LogP contribution in [0.1, 0.15) is 5.69 Å². The van der Waals surface area contributed by atoms with Gasteiger partial charge in [-0.2, -0.15) is 5.26 Å². The van der Waals surface area contributed by atoms with Gasteiger partial charge in [0.2, 0.25) is 0 Å². The van der Waals surface area contributed by atoms with Crippen molar-refractivity contribution in [2.45, 2.75) is 0 Å². The number of nitriles is 1. The maximum Gasteiger partial charge on any atom is 0.270 e. The van der Waals surface area contributed by atoms with E-state index in [0.29, 0.717) is 11.5 Å². The second-order valence-corrected chi connectivity index (χ2v) is 12.3. The molecule has 0 unspecified atom stereocenters. The highest BCUT2D eigenvalue weighted by molar-refractivity contribution is 6.36. The molecular formula is C46H26N4. The Kier molecular flexibility index (Phi) is 6.87. The average Bonchev–Trinajstić information content (AvgIpc) is 3.20. The van der Waals surface area contributed by atoms with Crippen molar-refractivity contribution < 1.29 is 0 Å². The zero-order chi connectivity index (χ0) is 33.6. The van der Waals surface area contributed by atoms with Crippen molar-refractivity contribution in [1.29, 1.82) is 5.26 Å². The van der Waals surface area contributed by atoms with Gasteiger partial charge in [-0.3, -0.25) is 0 Å². The summed E-state index contributed by atoms with van der Waals surface area (Å²) in [6.45, 7) is 7.42. The van der Waals surface area contributed by atoms with Crippen LogP contribution < -0.4 is 0 Å². The molecule has 50 heavy (non-hydrogen) atoms. The zero-order valence-electron chi connectivity index (χ0n) is 26.8. The summed E-state index contributed by atoms with van der Waals surface area (Å²) >= 11 is 0. The fourth-order valence-corrected chi connectivity index (χ4v) is 7.44. The average molecular weight is 635 g/mol. The molecule has 0 atom stereocenters. The summed E-state index contributed by atoms with van der Waals surface area (Å²) in [5.74, 6) is 0.387. The minimum absolute atomic E-state index is 0.387. The zero-order valence-corrected chi connectivity index (χ0v) is 26.8. The van der Waals surface area contributed by atoms with E-state index >= 15 is 0 Å². The minimum atomic E-state index is 0.387. The Morgan fingerprint density at radius 2 is 0.860 bits per heavy atom. The number of hydrogen-bond acceptors (Lipinski definition) is 3. The van der Waals surface area contributed by atoms with Crippen LogP contribution in [0.4, 0.5) is 5.82 Å². The monoisotopic (exact) mass is 634 g/mol. The fourth-order valence-electron chi connectivity index (χ4n) is 7.44. The molecule has 230 valence electrons. The molecule has 0 saturated heterocycles. The van der Waals surface area contributed by atoms with Crippen LogP contribution in [0.2, 0.25) is 0 Å². The van der Waals surface area contributed by atoms with Gasteiger partial charge in [-0.05, 0) is 112 Å². The van der Waals surface area contributed by atoms with E-state index in [1.165, 1.54) is 54.2 Å². The van der Waals surface area contributed by atoms with Crippen molar-refractivity contribution in [3.05, 3.63) is 175 Å². The molecule has 0 spiro atoms. The molecule has 9 aromatic rings. The predicted molar refractivity (Wildman–Crippen MR) is 205 cm³/mol. The Labute approximate surface area is 289 Å². The first-order chi connectivity index (χ1) is 24.7. The maximum atomic E-state index is 9.43. The van der Waals surface area contributed by atoms with Crippen LogP contribution in [-0.4, -0.2) is 9.97 Å². The number of rotatable bonds is 4. The first-order valence-corrected chi connectivity index (χ1v) is 16.4. The third-order valence-corrected chi connectivity index (χ3v) is 9.65. The molecule has 0 bridgehead atoms. The Morgan fingerprint density at radius 1 is 0.440 bits per heavy atom. The SMILES string of the molecule is [C-]#[N+]c1cc(-c2ccc(-c3c4ccccc4c(-c4ccc(-c5ccnc(C#N)c5)cc4)c4c5ccccc5c5ccccc5c34)cc2)ccn1. The van der Waals surface area contributed by atoms with E-state index in [9.17, 15) is 5.26 Å². The first kappa shape index (κ1) is 29.0. The maximum absolute atomic E-state index is 9.43. The molecule has 0 aliphatic heterocycles. The van der Waals surface area contributed by atoms with Crippen molar-refractivity contribution in [2.75, 3.05) is 0 Å². The molecule has 0 N–H and O–H groups in total. The van der Waals surface area contributed by atoms with Crippen molar-refractivity contribution in [1.82, 2.24) is 9.97 Å². The lowest BCUT2D eigenvalue weighted by atomic mass is 9.81. The molecule has 0 fully saturated rings. The first-order valence-electron chi connectivity index (χ1n) is 16.4. The lowest BCUT2D eigenvalue weighted by Gasteiger charge is -2.22. The second-order valence-electron chi connectivity index (χ2n) is 12.3. The molecule has 4 nitrogen and oxygen atoms in total. The standard InChI is InChI=1S/C46H26N4/c1-48-42-27-34(23-25-50-42)30-16-20-32(21-17-30)44-41-13-7-6-12-40(41)43(31-18-14-29(15-19-31)33-22-24-49-35(26-33)28-47)45-38-10-4-2-8-36(38)37-9-3-5-11-39(37)46(44)45/h2-27H. The molecule has 0 aliphatic carbocycles. The molecule has 9 rings (SSSR count). The van der Waals surface area contributed by atoms with Crippen LogP contribution in [0.3, 0.4) is 0 Å². The summed E-state index contributed by atoms with van der Waals surface area (Å²) in [5.41, 5.74) is 9.05. The largest absolute Gasteiger partial charge is 0.361 e. The number of aromatic nitrogens is 2. The number of pyridine rings is 2. The summed E-state index contributed by atoms with van der Waals surface area (Å²) in [4.78, 5) is 11.8. The fraction of sp³-hybridized carbons (Fsp3) is 0. The third kappa shape index (κ3) is 4.67. The van der Waals surface area contributed by atoms with Gasteiger partial charge in [0.1, 0.15) is 18.0 Å². The van der Waals surface area contributed by atoms with Crippen molar-refractivity contribution in [2.24, 2.45) is 0 Å². The molecule has 0 radical (unpaired) electrons. The summed E-state index contributed by atoms with van der Waals surface area (Å²) in [5, 5.41) is 19.1. The normalized spacial score (nSPS) is 11.2. The van der Waals surface area contributed by atoms with E-state index in [1.54, 1.807) is 12.4 Å². The van der Waals surface area contributed by atoms with Gasteiger partial charge in [0, 0.05) is 6.20 Å². The summed E-state index contributed by atoms with van der Waals surface area (Å²) in [6.07, 6.45) is 3.38. The number of benzene rings is 7. The predicted octanol–water partition coefficient (Wildman–Crippen LogP) is 12.2. The van der Waals surface area contributed by atoms with E-state index in [-0.39, 0.29) is 0 Å². The van der Waals surface area contributed by atoms with Crippen LogP contribution in [-0.2, 0) is 0 Å². The Morgan fingerprint density at radius 3 is 1.34 bits per heavy atom.